The quantitative estimate of drug-likeness (QED) is 0.686. The summed E-state index contributed by atoms with van der Waals surface area (Å²) < 4.78 is 25.6. The second kappa shape index (κ2) is 9.04. The average Bonchev–Trinajstić information content (AvgIpc) is 2.77. The van der Waals surface area contributed by atoms with E-state index >= 15 is 0 Å². The van der Waals surface area contributed by atoms with E-state index in [0.29, 0.717) is 12.1 Å². The van der Waals surface area contributed by atoms with Crippen LogP contribution in [0.2, 0.25) is 0 Å². The minimum absolute atomic E-state index is 0.0670. The van der Waals surface area contributed by atoms with Crippen LogP contribution >= 0.6 is 11.8 Å². The first kappa shape index (κ1) is 21.9. The Morgan fingerprint density at radius 3 is 2.84 bits per heavy atom. The maximum absolute atomic E-state index is 12.8. The zero-order chi connectivity index (χ0) is 22.0. The van der Waals surface area contributed by atoms with Crippen LogP contribution in [0.25, 0.3) is 0 Å². The van der Waals surface area contributed by atoms with Crippen molar-refractivity contribution in [2.45, 2.75) is 60.1 Å². The molecule has 0 spiro atoms. The highest BCUT2D eigenvalue weighted by molar-refractivity contribution is 8.01. The lowest BCUT2D eigenvalue weighted by Gasteiger charge is -2.26. The molecule has 2 aromatic rings. The van der Waals surface area contributed by atoms with Crippen LogP contribution in [0.15, 0.2) is 52.3 Å². The van der Waals surface area contributed by atoms with Crippen molar-refractivity contribution < 1.29 is 18.0 Å². The molecule has 0 saturated carbocycles. The van der Waals surface area contributed by atoms with Crippen molar-refractivity contribution in [1.29, 1.82) is 0 Å². The number of carbonyl (C=O) groups excluding carboxylic acids is 2. The fraction of sp³-hybridized carbons (Fsp3) is 0.391. The number of thioether (sulfide) groups is 1. The van der Waals surface area contributed by atoms with Gasteiger partial charge in [-0.3, -0.25) is 9.59 Å². The van der Waals surface area contributed by atoms with Gasteiger partial charge in [0.05, 0.1) is 27.6 Å². The summed E-state index contributed by atoms with van der Waals surface area (Å²) >= 11 is 1.45. The molecule has 2 N–H and O–H groups in total. The van der Waals surface area contributed by atoms with Gasteiger partial charge in [0, 0.05) is 11.3 Å². The highest BCUT2D eigenvalue weighted by Crippen LogP contribution is 2.38. The lowest BCUT2D eigenvalue weighted by molar-refractivity contribution is -0.121. The number of hydrogen-bond acceptors (Lipinski definition) is 5. The SMILES string of the molecule is CC[C@H]1Sc2ccc(S(=O)(=O)CCC(=O)N[C@H]3CCCc4ccccc43)cc2NC1=O. The van der Waals surface area contributed by atoms with Gasteiger partial charge in [0.15, 0.2) is 9.84 Å². The zero-order valence-corrected chi connectivity index (χ0v) is 19.0. The number of hydrogen-bond donors (Lipinski definition) is 2. The number of anilines is 1. The molecule has 164 valence electrons. The second-order valence-electron chi connectivity index (χ2n) is 7.94. The van der Waals surface area contributed by atoms with Crippen molar-refractivity contribution in [2.75, 3.05) is 11.1 Å². The molecule has 2 amide bonds. The fourth-order valence-corrected chi connectivity index (χ4v) is 6.39. The third-order valence-corrected chi connectivity index (χ3v) is 8.96. The van der Waals surface area contributed by atoms with Gasteiger partial charge in [0.1, 0.15) is 0 Å². The van der Waals surface area contributed by atoms with Crippen molar-refractivity contribution >= 4 is 39.1 Å². The van der Waals surface area contributed by atoms with Crippen molar-refractivity contribution in [3.63, 3.8) is 0 Å². The molecule has 0 saturated heterocycles. The maximum atomic E-state index is 12.8. The van der Waals surface area contributed by atoms with Gasteiger partial charge < -0.3 is 10.6 Å². The minimum Gasteiger partial charge on any atom is -0.349 e. The Bertz CT molecular complexity index is 1110. The van der Waals surface area contributed by atoms with Crippen molar-refractivity contribution in [3.05, 3.63) is 53.6 Å². The smallest absolute Gasteiger partial charge is 0.237 e. The number of fused-ring (bicyclic) bond motifs is 2. The molecule has 0 fully saturated rings. The highest BCUT2D eigenvalue weighted by Gasteiger charge is 2.27. The molecule has 6 nitrogen and oxygen atoms in total. The van der Waals surface area contributed by atoms with Gasteiger partial charge in [-0.2, -0.15) is 0 Å². The summed E-state index contributed by atoms with van der Waals surface area (Å²) in [5.74, 6) is -0.649. The zero-order valence-electron chi connectivity index (χ0n) is 17.4. The van der Waals surface area contributed by atoms with Crippen LogP contribution in [-0.4, -0.2) is 31.2 Å². The molecule has 4 rings (SSSR count). The molecular weight excluding hydrogens is 432 g/mol. The summed E-state index contributed by atoms with van der Waals surface area (Å²) in [5, 5.41) is 5.64. The largest absolute Gasteiger partial charge is 0.349 e. The van der Waals surface area contributed by atoms with Gasteiger partial charge in [-0.25, -0.2) is 8.42 Å². The number of carbonyl (C=O) groups is 2. The van der Waals surface area contributed by atoms with Crippen LogP contribution in [0.3, 0.4) is 0 Å². The summed E-state index contributed by atoms with van der Waals surface area (Å²) in [6.07, 6.45) is 3.46. The molecular formula is C23H26N2O4S2. The van der Waals surface area contributed by atoms with Gasteiger partial charge in [-0.15, -0.1) is 11.8 Å². The van der Waals surface area contributed by atoms with Gasteiger partial charge in [0.2, 0.25) is 11.8 Å². The molecule has 2 aliphatic rings. The Morgan fingerprint density at radius 1 is 1.23 bits per heavy atom. The first-order valence-corrected chi connectivity index (χ1v) is 13.1. The number of rotatable bonds is 6. The summed E-state index contributed by atoms with van der Waals surface area (Å²) in [5.41, 5.74) is 2.88. The topological polar surface area (TPSA) is 92.3 Å². The molecule has 1 heterocycles. The monoisotopic (exact) mass is 458 g/mol. The standard InChI is InChI=1S/C23H26N2O4S2/c1-2-20-23(27)25-19-14-16(10-11-21(19)30-20)31(28,29)13-12-22(26)24-18-9-5-7-15-6-3-4-8-17(15)18/h3-4,6,8,10-11,14,18,20H,2,5,7,9,12-13H2,1H3,(H,24,26)(H,25,27)/t18-,20+/m0/s1. The van der Waals surface area contributed by atoms with E-state index in [1.165, 1.54) is 23.4 Å². The Hall–Kier alpha value is -2.32. The van der Waals surface area contributed by atoms with E-state index in [1.807, 2.05) is 25.1 Å². The lowest BCUT2D eigenvalue weighted by Crippen LogP contribution is -2.32. The van der Waals surface area contributed by atoms with Crippen LogP contribution in [0.4, 0.5) is 5.69 Å². The minimum atomic E-state index is -3.65. The predicted octanol–water partition coefficient (Wildman–Crippen LogP) is 3.87. The Labute approximate surface area is 187 Å². The van der Waals surface area contributed by atoms with Gasteiger partial charge in [-0.05, 0) is 55.0 Å². The van der Waals surface area contributed by atoms with Crippen molar-refractivity contribution in [1.82, 2.24) is 5.32 Å². The van der Waals surface area contributed by atoms with E-state index in [0.717, 1.165) is 29.7 Å². The summed E-state index contributed by atoms with van der Waals surface area (Å²) in [4.78, 5) is 25.6. The number of benzene rings is 2. The number of amides is 2. The first-order valence-electron chi connectivity index (χ1n) is 10.6. The van der Waals surface area contributed by atoms with E-state index in [1.54, 1.807) is 12.1 Å². The summed E-state index contributed by atoms with van der Waals surface area (Å²) in [7, 11) is -3.65. The normalized spacial score (nSPS) is 20.4. The molecule has 1 aliphatic heterocycles. The predicted molar refractivity (Wildman–Crippen MR) is 122 cm³/mol. The average molecular weight is 459 g/mol. The van der Waals surface area contributed by atoms with Crippen LogP contribution in [-0.2, 0) is 25.8 Å². The Morgan fingerprint density at radius 2 is 2.03 bits per heavy atom. The van der Waals surface area contributed by atoms with Crippen LogP contribution in [0, 0.1) is 0 Å². The van der Waals surface area contributed by atoms with Gasteiger partial charge in [-0.1, -0.05) is 31.2 Å². The molecule has 0 radical (unpaired) electrons. The summed E-state index contributed by atoms with van der Waals surface area (Å²) in [6.45, 7) is 1.94. The highest BCUT2D eigenvalue weighted by atomic mass is 32.2. The van der Waals surface area contributed by atoms with E-state index in [2.05, 4.69) is 16.7 Å². The molecule has 0 aromatic heterocycles. The van der Waals surface area contributed by atoms with E-state index in [9.17, 15) is 18.0 Å². The van der Waals surface area contributed by atoms with Crippen molar-refractivity contribution in [2.24, 2.45) is 0 Å². The molecule has 0 unspecified atom stereocenters. The van der Waals surface area contributed by atoms with E-state index < -0.39 is 9.84 Å². The number of aryl methyl sites for hydroxylation is 1. The molecule has 2 atom stereocenters. The van der Waals surface area contributed by atoms with Gasteiger partial charge in [0.25, 0.3) is 0 Å². The van der Waals surface area contributed by atoms with E-state index in [-0.39, 0.29) is 40.2 Å². The third-order valence-electron chi connectivity index (χ3n) is 5.80. The third kappa shape index (κ3) is 4.80. The maximum Gasteiger partial charge on any atom is 0.237 e. The molecule has 2 aromatic carbocycles. The number of nitrogens with one attached hydrogen (secondary N) is 2. The van der Waals surface area contributed by atoms with Crippen LogP contribution in [0.5, 0.6) is 0 Å². The molecule has 0 bridgehead atoms. The van der Waals surface area contributed by atoms with Crippen LogP contribution in [0.1, 0.15) is 49.8 Å². The molecule has 31 heavy (non-hydrogen) atoms. The van der Waals surface area contributed by atoms with Gasteiger partial charge >= 0.3 is 0 Å². The summed E-state index contributed by atoms with van der Waals surface area (Å²) in [6, 6.07) is 12.8. The van der Waals surface area contributed by atoms with Crippen LogP contribution < -0.4 is 10.6 Å². The fourth-order valence-electron chi connectivity index (χ4n) is 4.11. The number of sulfone groups is 1. The Kier molecular flexibility index (Phi) is 6.39. The lowest BCUT2D eigenvalue weighted by atomic mass is 9.88. The first-order chi connectivity index (χ1) is 14.9. The van der Waals surface area contributed by atoms with Crippen molar-refractivity contribution in [3.8, 4) is 0 Å². The second-order valence-corrected chi connectivity index (χ2v) is 11.3. The van der Waals surface area contributed by atoms with E-state index in [4.69, 9.17) is 0 Å². The Balaban J connectivity index is 1.40. The molecule has 1 aliphatic carbocycles. The molecule has 8 heteroatoms.